The van der Waals surface area contributed by atoms with Crippen molar-refractivity contribution in [1.29, 1.82) is 0 Å². The average Bonchev–Trinajstić information content (AvgIpc) is 3.04. The van der Waals surface area contributed by atoms with Gasteiger partial charge in [0.25, 0.3) is 0 Å². The maximum absolute atomic E-state index is 7.02. The van der Waals surface area contributed by atoms with Gasteiger partial charge in [0.2, 0.25) is 0 Å². The number of fused-ring (bicyclic) bond motifs is 3. The summed E-state index contributed by atoms with van der Waals surface area (Å²) in [6.45, 7) is 9.09. The highest BCUT2D eigenvalue weighted by atomic mass is 16.7. The van der Waals surface area contributed by atoms with Gasteiger partial charge < -0.3 is 28.4 Å². The van der Waals surface area contributed by atoms with Crippen LogP contribution in [0.1, 0.15) is 62.3 Å². The number of hydrogen-bond acceptors (Lipinski definition) is 6. The molecule has 0 N–H and O–H groups in total. The zero-order valence-electron chi connectivity index (χ0n) is 26.4. The molecule has 8 atom stereocenters. The van der Waals surface area contributed by atoms with Crippen LogP contribution in [0.3, 0.4) is 0 Å². The minimum Gasteiger partial charge on any atom is -0.374 e. The largest absolute Gasteiger partial charge is 0.374 e. The van der Waals surface area contributed by atoms with Crippen LogP contribution in [0.15, 0.2) is 84.9 Å². The number of rotatable bonds is 9. The second-order valence-electron chi connectivity index (χ2n) is 13.1. The van der Waals surface area contributed by atoms with Crippen LogP contribution in [0.5, 0.6) is 0 Å². The van der Waals surface area contributed by atoms with Crippen molar-refractivity contribution >= 4 is 0 Å². The Labute approximate surface area is 263 Å². The molecule has 0 amide bonds. The van der Waals surface area contributed by atoms with Crippen molar-refractivity contribution in [3.05, 3.63) is 107 Å². The number of hydrogen-bond donors (Lipinski definition) is 0. The standard InChI is InChI=1S/C38H48O6/c1-26(2)32-19-18-27(3)20-33(32)43-38-37(41-22-29-14-8-5-9-15-29)36-35(40-21-28-12-6-4-7-13-28)34(44-38)25-39-23-30-16-10-11-17-31(30)24-42-36/h4-17,26-27,32-38H,18-25H2,1-3H3/t27-,32+,33-,34+,35+,36-,37+,38+/m0/s1. The summed E-state index contributed by atoms with van der Waals surface area (Å²) in [6.07, 6.45) is 1.17. The lowest BCUT2D eigenvalue weighted by atomic mass is 9.75. The van der Waals surface area contributed by atoms with E-state index < -0.39 is 24.6 Å². The van der Waals surface area contributed by atoms with Gasteiger partial charge in [0.15, 0.2) is 6.29 Å². The van der Waals surface area contributed by atoms with Crippen molar-refractivity contribution in [1.82, 2.24) is 0 Å². The molecule has 1 saturated carbocycles. The van der Waals surface area contributed by atoms with E-state index in [0.29, 0.717) is 50.8 Å². The first-order valence-electron chi connectivity index (χ1n) is 16.4. The first-order chi connectivity index (χ1) is 21.5. The van der Waals surface area contributed by atoms with Gasteiger partial charge in [-0.3, -0.25) is 0 Å². The number of ether oxygens (including phenoxy) is 6. The van der Waals surface area contributed by atoms with Crippen LogP contribution < -0.4 is 0 Å². The first-order valence-corrected chi connectivity index (χ1v) is 16.4. The van der Waals surface area contributed by atoms with Crippen molar-refractivity contribution < 1.29 is 28.4 Å². The Bertz CT molecular complexity index is 1280. The fourth-order valence-corrected chi connectivity index (χ4v) is 6.98. The SMILES string of the molecule is CC(C)[C@H]1CC[C@H](C)C[C@@H]1O[C@@H]1O[C@@H]2COCc3ccccc3CO[C@H]([C@H]1OCc1ccccc1)[C@@H]2OCc1ccccc1. The van der Waals surface area contributed by atoms with Gasteiger partial charge in [0.1, 0.15) is 24.4 Å². The molecule has 0 spiro atoms. The average molecular weight is 601 g/mol. The minimum atomic E-state index is -0.611. The lowest BCUT2D eigenvalue weighted by molar-refractivity contribution is -0.342. The van der Waals surface area contributed by atoms with E-state index in [1.165, 1.54) is 6.42 Å². The Morgan fingerprint density at radius 3 is 2.02 bits per heavy atom. The second-order valence-corrected chi connectivity index (χ2v) is 13.1. The molecule has 44 heavy (non-hydrogen) atoms. The quantitative estimate of drug-likeness (QED) is 0.254. The highest BCUT2D eigenvalue weighted by Crippen LogP contribution is 2.39. The third kappa shape index (κ3) is 7.79. The molecule has 1 aliphatic carbocycles. The summed E-state index contributed by atoms with van der Waals surface area (Å²) in [6, 6.07) is 28.8. The molecule has 2 heterocycles. The van der Waals surface area contributed by atoms with E-state index in [2.05, 4.69) is 63.2 Å². The maximum Gasteiger partial charge on any atom is 0.187 e. The maximum atomic E-state index is 7.02. The van der Waals surface area contributed by atoms with Crippen molar-refractivity contribution in [2.45, 2.75) is 103 Å². The Morgan fingerprint density at radius 1 is 0.750 bits per heavy atom. The Balaban J connectivity index is 1.33. The molecule has 3 aromatic carbocycles. The van der Waals surface area contributed by atoms with Gasteiger partial charge >= 0.3 is 0 Å². The molecular weight excluding hydrogens is 552 g/mol. The summed E-state index contributed by atoms with van der Waals surface area (Å²) >= 11 is 0. The van der Waals surface area contributed by atoms with E-state index >= 15 is 0 Å². The summed E-state index contributed by atoms with van der Waals surface area (Å²) in [5.74, 6) is 1.60. The van der Waals surface area contributed by atoms with E-state index in [1.807, 2.05) is 42.5 Å². The molecule has 1 saturated heterocycles. The molecule has 3 aromatic rings. The molecule has 236 valence electrons. The van der Waals surface area contributed by atoms with Crippen LogP contribution in [0, 0.1) is 17.8 Å². The summed E-state index contributed by atoms with van der Waals surface area (Å²) in [7, 11) is 0. The molecule has 6 rings (SSSR count). The zero-order valence-corrected chi connectivity index (χ0v) is 26.4. The summed E-state index contributed by atoms with van der Waals surface area (Å²) in [5, 5.41) is 0. The van der Waals surface area contributed by atoms with E-state index in [-0.39, 0.29) is 12.2 Å². The molecule has 2 fully saturated rings. The van der Waals surface area contributed by atoms with Crippen LogP contribution in [-0.4, -0.2) is 43.4 Å². The van der Waals surface area contributed by atoms with Gasteiger partial charge in [0.05, 0.1) is 39.1 Å². The third-order valence-corrected chi connectivity index (χ3v) is 9.52. The van der Waals surface area contributed by atoms with E-state index in [0.717, 1.165) is 35.1 Å². The second kappa shape index (κ2) is 15.1. The molecule has 0 aromatic heterocycles. The molecule has 6 heteroatoms. The van der Waals surface area contributed by atoms with Gasteiger partial charge in [-0.25, -0.2) is 0 Å². The molecule has 3 aliphatic rings. The molecular formula is C38H48O6. The van der Waals surface area contributed by atoms with Crippen molar-refractivity contribution in [2.24, 2.45) is 17.8 Å². The molecule has 0 unspecified atom stereocenters. The smallest absolute Gasteiger partial charge is 0.187 e. The molecule has 2 bridgehead atoms. The van der Waals surface area contributed by atoms with Crippen molar-refractivity contribution in [3.63, 3.8) is 0 Å². The monoisotopic (exact) mass is 600 g/mol. The van der Waals surface area contributed by atoms with Crippen molar-refractivity contribution in [2.75, 3.05) is 6.61 Å². The molecule has 2 aliphatic heterocycles. The predicted molar refractivity (Wildman–Crippen MR) is 170 cm³/mol. The normalized spacial score (nSPS) is 30.9. The van der Waals surface area contributed by atoms with E-state index in [9.17, 15) is 0 Å². The van der Waals surface area contributed by atoms with Crippen LogP contribution in [0.4, 0.5) is 0 Å². The third-order valence-electron chi connectivity index (χ3n) is 9.52. The van der Waals surface area contributed by atoms with Gasteiger partial charge in [-0.15, -0.1) is 0 Å². The number of benzene rings is 3. The predicted octanol–water partition coefficient (Wildman–Crippen LogP) is 7.48. The summed E-state index contributed by atoms with van der Waals surface area (Å²) in [4.78, 5) is 0. The highest BCUT2D eigenvalue weighted by molar-refractivity contribution is 5.26. The van der Waals surface area contributed by atoms with Crippen LogP contribution in [-0.2, 0) is 54.8 Å². The van der Waals surface area contributed by atoms with Gasteiger partial charge in [-0.2, -0.15) is 0 Å². The Hall–Kier alpha value is -2.58. The fourth-order valence-electron chi connectivity index (χ4n) is 6.98. The van der Waals surface area contributed by atoms with Crippen LogP contribution >= 0.6 is 0 Å². The summed E-state index contributed by atoms with van der Waals surface area (Å²) < 4.78 is 40.5. The van der Waals surface area contributed by atoms with E-state index in [1.54, 1.807) is 0 Å². The van der Waals surface area contributed by atoms with Crippen molar-refractivity contribution in [3.8, 4) is 0 Å². The van der Waals surface area contributed by atoms with Crippen LogP contribution in [0.2, 0.25) is 0 Å². The zero-order chi connectivity index (χ0) is 30.3. The lowest BCUT2D eigenvalue weighted by Crippen LogP contribution is -2.62. The highest BCUT2D eigenvalue weighted by Gasteiger charge is 2.50. The van der Waals surface area contributed by atoms with Crippen LogP contribution in [0.25, 0.3) is 0 Å². The fraction of sp³-hybridized carbons (Fsp3) is 0.526. The molecule has 0 radical (unpaired) electrons. The Kier molecular flexibility index (Phi) is 10.8. The molecule has 6 nitrogen and oxygen atoms in total. The first kappa shape index (κ1) is 31.4. The van der Waals surface area contributed by atoms with Gasteiger partial charge in [-0.1, -0.05) is 112 Å². The Morgan fingerprint density at radius 2 is 1.36 bits per heavy atom. The topological polar surface area (TPSA) is 55.4 Å². The van der Waals surface area contributed by atoms with Gasteiger partial charge in [0, 0.05) is 0 Å². The minimum absolute atomic E-state index is 0.0872. The lowest BCUT2D eigenvalue weighted by Gasteiger charge is -2.48. The van der Waals surface area contributed by atoms with E-state index in [4.69, 9.17) is 28.4 Å². The van der Waals surface area contributed by atoms with Gasteiger partial charge in [-0.05, 0) is 52.8 Å². The summed E-state index contributed by atoms with van der Waals surface area (Å²) in [5.41, 5.74) is 4.42.